The number of methoxy groups -OCH3 is 1. The zero-order chi connectivity index (χ0) is 15.5. The van der Waals surface area contributed by atoms with Crippen LogP contribution < -0.4 is 10.5 Å². The van der Waals surface area contributed by atoms with Crippen molar-refractivity contribution in [2.45, 2.75) is 24.1 Å². The van der Waals surface area contributed by atoms with Gasteiger partial charge in [0.1, 0.15) is 11.6 Å². The molecule has 0 spiro atoms. The second-order valence-electron chi connectivity index (χ2n) is 5.30. The minimum atomic E-state index is -0.217. The van der Waals surface area contributed by atoms with E-state index in [1.165, 1.54) is 13.2 Å². The quantitative estimate of drug-likeness (QED) is 0.842. The molecule has 0 saturated carbocycles. The predicted octanol–water partition coefficient (Wildman–Crippen LogP) is 2.82. The summed E-state index contributed by atoms with van der Waals surface area (Å²) in [6, 6.07) is 5.02. The van der Waals surface area contributed by atoms with Crippen molar-refractivity contribution in [3.63, 3.8) is 0 Å². The standard InChI is InChI=1S/C15H21FN2OS2/c1-19-12-4-3-11(13(16)9-12)10-18-7-5-15(21-2,6-8-18)14(17)20/h3-4,9H,5-8,10H2,1-2H3,(H2,17,20). The van der Waals surface area contributed by atoms with Crippen molar-refractivity contribution in [2.75, 3.05) is 26.5 Å². The lowest BCUT2D eigenvalue weighted by Crippen LogP contribution is -2.49. The van der Waals surface area contributed by atoms with Crippen molar-refractivity contribution >= 4 is 29.0 Å². The van der Waals surface area contributed by atoms with Crippen LogP contribution in [0.2, 0.25) is 0 Å². The van der Waals surface area contributed by atoms with Crippen LogP contribution in [-0.4, -0.2) is 41.1 Å². The highest BCUT2D eigenvalue weighted by Gasteiger charge is 2.36. The molecule has 1 aromatic carbocycles. The Kier molecular flexibility index (Phi) is 5.46. The second kappa shape index (κ2) is 6.94. The molecule has 0 bridgehead atoms. The molecule has 2 N–H and O–H groups in total. The summed E-state index contributed by atoms with van der Waals surface area (Å²) < 4.78 is 18.9. The topological polar surface area (TPSA) is 38.5 Å². The van der Waals surface area contributed by atoms with E-state index in [2.05, 4.69) is 11.2 Å². The van der Waals surface area contributed by atoms with Crippen molar-refractivity contribution in [3.05, 3.63) is 29.6 Å². The highest BCUT2D eigenvalue weighted by molar-refractivity contribution is 8.02. The summed E-state index contributed by atoms with van der Waals surface area (Å²) >= 11 is 6.94. The Morgan fingerprint density at radius 1 is 1.48 bits per heavy atom. The van der Waals surface area contributed by atoms with E-state index in [0.29, 0.717) is 22.8 Å². The maximum Gasteiger partial charge on any atom is 0.131 e. The SMILES string of the molecule is COc1ccc(CN2CCC(SC)(C(N)=S)CC2)c(F)c1. The molecule has 1 fully saturated rings. The highest BCUT2D eigenvalue weighted by atomic mass is 32.2. The number of likely N-dealkylation sites (tertiary alicyclic amines) is 1. The monoisotopic (exact) mass is 328 g/mol. The third-order valence-corrected chi connectivity index (χ3v) is 6.09. The van der Waals surface area contributed by atoms with Gasteiger partial charge in [-0.25, -0.2) is 4.39 Å². The maximum absolute atomic E-state index is 14.0. The van der Waals surface area contributed by atoms with E-state index in [1.54, 1.807) is 23.9 Å². The normalized spacial score (nSPS) is 18.4. The molecule has 1 aliphatic rings. The molecule has 2 rings (SSSR count). The summed E-state index contributed by atoms with van der Waals surface area (Å²) in [7, 11) is 1.54. The van der Waals surface area contributed by atoms with Crippen LogP contribution in [0.3, 0.4) is 0 Å². The van der Waals surface area contributed by atoms with Gasteiger partial charge in [0.2, 0.25) is 0 Å². The van der Waals surface area contributed by atoms with Crippen LogP contribution in [0.4, 0.5) is 4.39 Å². The van der Waals surface area contributed by atoms with Gasteiger partial charge in [-0.15, -0.1) is 0 Å². The van der Waals surface area contributed by atoms with Gasteiger partial charge in [-0.3, -0.25) is 4.90 Å². The highest BCUT2D eigenvalue weighted by Crippen LogP contribution is 2.35. The largest absolute Gasteiger partial charge is 0.497 e. The van der Waals surface area contributed by atoms with Gasteiger partial charge < -0.3 is 10.5 Å². The number of hydrogen-bond donors (Lipinski definition) is 1. The van der Waals surface area contributed by atoms with Gasteiger partial charge in [-0.1, -0.05) is 18.3 Å². The molecule has 0 unspecified atom stereocenters. The smallest absolute Gasteiger partial charge is 0.131 e. The number of thioether (sulfide) groups is 1. The third kappa shape index (κ3) is 3.67. The molecule has 6 heteroatoms. The number of rotatable bonds is 5. The molecule has 0 radical (unpaired) electrons. The summed E-state index contributed by atoms with van der Waals surface area (Å²) in [6.45, 7) is 2.37. The molecule has 0 atom stereocenters. The van der Waals surface area contributed by atoms with Crippen LogP contribution in [0.5, 0.6) is 5.75 Å². The van der Waals surface area contributed by atoms with Crippen LogP contribution in [0, 0.1) is 5.82 Å². The summed E-state index contributed by atoms with van der Waals surface area (Å²) in [4.78, 5) is 2.84. The van der Waals surface area contributed by atoms with Crippen LogP contribution in [0.25, 0.3) is 0 Å². The van der Waals surface area contributed by atoms with E-state index in [4.69, 9.17) is 22.7 Å². The zero-order valence-corrected chi connectivity index (χ0v) is 14.0. The third-order valence-electron chi connectivity index (χ3n) is 4.16. The average molecular weight is 328 g/mol. The summed E-state index contributed by atoms with van der Waals surface area (Å²) in [5.41, 5.74) is 6.58. The summed E-state index contributed by atoms with van der Waals surface area (Å²) in [6.07, 6.45) is 3.89. The van der Waals surface area contributed by atoms with E-state index in [0.717, 1.165) is 25.9 Å². The van der Waals surface area contributed by atoms with Crippen LogP contribution in [0.15, 0.2) is 18.2 Å². The van der Waals surface area contributed by atoms with Crippen molar-refractivity contribution in [3.8, 4) is 5.75 Å². The van der Waals surface area contributed by atoms with Gasteiger partial charge in [-0.2, -0.15) is 11.8 Å². The van der Waals surface area contributed by atoms with Gasteiger partial charge in [0, 0.05) is 31.3 Å². The van der Waals surface area contributed by atoms with Gasteiger partial charge in [0.25, 0.3) is 0 Å². The van der Waals surface area contributed by atoms with E-state index in [-0.39, 0.29) is 10.6 Å². The fourth-order valence-electron chi connectivity index (χ4n) is 2.65. The molecule has 0 aliphatic carbocycles. The molecule has 1 heterocycles. The molecule has 1 saturated heterocycles. The zero-order valence-electron chi connectivity index (χ0n) is 12.4. The van der Waals surface area contributed by atoms with E-state index < -0.39 is 0 Å². The number of nitrogens with two attached hydrogens (primary N) is 1. The van der Waals surface area contributed by atoms with Crippen LogP contribution in [-0.2, 0) is 6.54 Å². The fourth-order valence-corrected chi connectivity index (χ4v) is 3.89. The Balaban J connectivity index is 1.99. The van der Waals surface area contributed by atoms with Crippen molar-refractivity contribution in [1.29, 1.82) is 0 Å². The lowest BCUT2D eigenvalue weighted by atomic mass is 9.95. The molecule has 3 nitrogen and oxygen atoms in total. The first-order valence-corrected chi connectivity index (χ1v) is 8.54. The molecular weight excluding hydrogens is 307 g/mol. The van der Waals surface area contributed by atoms with E-state index in [1.807, 2.05) is 0 Å². The van der Waals surface area contributed by atoms with Crippen molar-refractivity contribution in [1.82, 2.24) is 4.90 Å². The Bertz CT molecular complexity index is 516. The number of nitrogens with zero attached hydrogens (tertiary/aromatic N) is 1. The first-order valence-electron chi connectivity index (χ1n) is 6.90. The average Bonchev–Trinajstić information content (AvgIpc) is 2.50. The minimum Gasteiger partial charge on any atom is -0.497 e. The van der Waals surface area contributed by atoms with Gasteiger partial charge >= 0.3 is 0 Å². The maximum atomic E-state index is 14.0. The Morgan fingerprint density at radius 2 is 2.14 bits per heavy atom. The lowest BCUT2D eigenvalue weighted by Gasteiger charge is -2.40. The molecule has 0 aromatic heterocycles. The molecule has 21 heavy (non-hydrogen) atoms. The van der Waals surface area contributed by atoms with Crippen molar-refractivity contribution in [2.24, 2.45) is 5.73 Å². The number of thiocarbonyl (C=S) groups is 1. The molecule has 1 aliphatic heterocycles. The molecule has 116 valence electrons. The predicted molar refractivity (Wildman–Crippen MR) is 90.5 cm³/mol. The van der Waals surface area contributed by atoms with Crippen LogP contribution in [0.1, 0.15) is 18.4 Å². The van der Waals surface area contributed by atoms with Gasteiger partial charge in [0.05, 0.1) is 16.8 Å². The van der Waals surface area contributed by atoms with E-state index in [9.17, 15) is 4.39 Å². The number of halogens is 1. The van der Waals surface area contributed by atoms with Gasteiger partial charge in [-0.05, 0) is 25.2 Å². The van der Waals surface area contributed by atoms with Crippen molar-refractivity contribution < 1.29 is 9.13 Å². The lowest BCUT2D eigenvalue weighted by molar-refractivity contribution is 0.210. The molecule has 0 amide bonds. The first-order chi connectivity index (χ1) is 10.0. The second-order valence-corrected chi connectivity index (χ2v) is 6.93. The Labute approximate surface area is 135 Å². The fraction of sp³-hybridized carbons (Fsp3) is 0.533. The number of benzene rings is 1. The summed E-state index contributed by atoms with van der Waals surface area (Å²) in [5.74, 6) is 0.329. The van der Waals surface area contributed by atoms with E-state index >= 15 is 0 Å². The Morgan fingerprint density at radius 3 is 2.62 bits per heavy atom. The molecular formula is C15H21FN2OS2. The van der Waals surface area contributed by atoms with Crippen LogP contribution >= 0.6 is 24.0 Å². The number of hydrogen-bond acceptors (Lipinski definition) is 4. The number of ether oxygens (including phenoxy) is 1. The Hall–Kier alpha value is -0.850. The minimum absolute atomic E-state index is 0.0930. The number of piperidine rings is 1. The molecule has 1 aromatic rings. The van der Waals surface area contributed by atoms with Gasteiger partial charge in [0.15, 0.2) is 0 Å². The summed E-state index contributed by atoms with van der Waals surface area (Å²) in [5, 5.41) is 0. The first kappa shape index (κ1) is 16.5.